The van der Waals surface area contributed by atoms with Crippen molar-refractivity contribution in [3.8, 4) is 5.75 Å². The summed E-state index contributed by atoms with van der Waals surface area (Å²) in [4.78, 5) is 37.4. The highest BCUT2D eigenvalue weighted by atomic mass is 16.5. The van der Waals surface area contributed by atoms with Gasteiger partial charge in [-0.15, -0.1) is 0 Å². The van der Waals surface area contributed by atoms with E-state index >= 15 is 0 Å². The number of likely N-dealkylation sites (tertiary alicyclic amines) is 1. The second-order valence-corrected chi connectivity index (χ2v) is 11.4. The van der Waals surface area contributed by atoms with Crippen molar-refractivity contribution in [2.75, 3.05) is 44.7 Å². The molecule has 0 saturated carbocycles. The van der Waals surface area contributed by atoms with Gasteiger partial charge in [-0.1, -0.05) is 25.1 Å². The van der Waals surface area contributed by atoms with Gasteiger partial charge in [0.15, 0.2) is 0 Å². The average molecular weight is 537 g/mol. The Labute approximate surface area is 230 Å². The minimum atomic E-state index is -1.42. The molecule has 2 aromatic rings. The van der Waals surface area contributed by atoms with E-state index in [4.69, 9.17) is 9.72 Å². The summed E-state index contributed by atoms with van der Waals surface area (Å²) in [6, 6.07) is 11.8. The van der Waals surface area contributed by atoms with Crippen LogP contribution in [-0.4, -0.2) is 82.8 Å². The van der Waals surface area contributed by atoms with Crippen LogP contribution in [0.4, 0.5) is 10.6 Å². The molecule has 0 bridgehead atoms. The number of aryl methyl sites for hydroxylation is 1. The molecule has 0 unspecified atom stereocenters. The number of nitrogens with zero attached hydrogens (tertiary/aromatic N) is 4. The van der Waals surface area contributed by atoms with Gasteiger partial charge in [0.25, 0.3) is 5.91 Å². The van der Waals surface area contributed by atoms with Crippen LogP contribution in [0.15, 0.2) is 36.4 Å². The number of ether oxygens (including phenoxy) is 1. The minimum Gasteiger partial charge on any atom is -0.497 e. The Kier molecular flexibility index (Phi) is 7.54. The minimum absolute atomic E-state index is 0.0772. The van der Waals surface area contributed by atoms with Gasteiger partial charge in [0.2, 0.25) is 0 Å². The highest BCUT2D eigenvalue weighted by Gasteiger charge is 2.52. The monoisotopic (exact) mass is 536 g/mol. The molecule has 39 heavy (non-hydrogen) atoms. The van der Waals surface area contributed by atoms with Gasteiger partial charge in [0.1, 0.15) is 17.2 Å². The van der Waals surface area contributed by atoms with E-state index in [9.17, 15) is 14.7 Å². The van der Waals surface area contributed by atoms with Gasteiger partial charge in [0.05, 0.1) is 19.2 Å². The van der Waals surface area contributed by atoms with Crippen LogP contribution in [0.25, 0.3) is 0 Å². The molecule has 0 radical (unpaired) electrons. The van der Waals surface area contributed by atoms with Crippen molar-refractivity contribution in [3.05, 3.63) is 53.2 Å². The summed E-state index contributed by atoms with van der Waals surface area (Å²) in [6.07, 6.45) is 2.03. The van der Waals surface area contributed by atoms with E-state index in [1.165, 1.54) is 19.4 Å². The summed E-state index contributed by atoms with van der Waals surface area (Å²) in [5.74, 6) is 1.49. The van der Waals surface area contributed by atoms with E-state index < -0.39 is 11.1 Å². The lowest BCUT2D eigenvalue weighted by Gasteiger charge is -2.44. The predicted molar refractivity (Wildman–Crippen MR) is 148 cm³/mol. The van der Waals surface area contributed by atoms with Gasteiger partial charge < -0.3 is 19.6 Å². The predicted octanol–water partition coefficient (Wildman–Crippen LogP) is 2.42. The fourth-order valence-electron chi connectivity index (χ4n) is 6.09. The summed E-state index contributed by atoms with van der Waals surface area (Å²) < 4.78 is 5.42. The first kappa shape index (κ1) is 27.4. The number of amides is 3. The van der Waals surface area contributed by atoms with Gasteiger partial charge >= 0.3 is 6.03 Å². The molecule has 10 heteroatoms. The Morgan fingerprint density at radius 2 is 1.90 bits per heavy atom. The number of aliphatic hydroxyl groups is 1. The Balaban J connectivity index is 1.45. The number of aromatic nitrogens is 1. The Morgan fingerprint density at radius 3 is 2.54 bits per heavy atom. The third-order valence-electron chi connectivity index (χ3n) is 8.33. The highest BCUT2D eigenvalue weighted by molar-refractivity contribution is 5.94. The van der Waals surface area contributed by atoms with Crippen LogP contribution in [0.1, 0.15) is 56.4 Å². The normalized spacial score (nSPS) is 19.8. The molecule has 4 heterocycles. The molecule has 3 N–H and O–H groups in total. The van der Waals surface area contributed by atoms with Gasteiger partial charge in [-0.05, 0) is 62.4 Å². The second kappa shape index (κ2) is 10.7. The van der Waals surface area contributed by atoms with E-state index in [1.54, 1.807) is 12.0 Å². The lowest BCUT2D eigenvalue weighted by molar-refractivity contribution is -0.150. The van der Waals surface area contributed by atoms with Gasteiger partial charge in [0, 0.05) is 44.3 Å². The third-order valence-corrected chi connectivity index (χ3v) is 8.33. The summed E-state index contributed by atoms with van der Waals surface area (Å²) in [7, 11) is 1.64. The molecule has 210 valence electrons. The number of rotatable bonds is 7. The van der Waals surface area contributed by atoms with Crippen molar-refractivity contribution in [1.29, 1.82) is 0 Å². The van der Waals surface area contributed by atoms with Crippen LogP contribution in [0.2, 0.25) is 0 Å². The summed E-state index contributed by atoms with van der Waals surface area (Å²) in [5, 5.41) is 10.3. The van der Waals surface area contributed by atoms with E-state index in [2.05, 4.69) is 23.8 Å². The maximum atomic E-state index is 14.1. The Hall–Kier alpha value is -3.21. The van der Waals surface area contributed by atoms with Gasteiger partial charge in [-0.2, -0.15) is 0 Å². The summed E-state index contributed by atoms with van der Waals surface area (Å²) in [5.41, 5.74) is 7.72. The van der Waals surface area contributed by atoms with E-state index in [1.807, 2.05) is 40.1 Å². The van der Waals surface area contributed by atoms with Crippen molar-refractivity contribution in [1.82, 2.24) is 25.6 Å². The Morgan fingerprint density at radius 1 is 1.18 bits per heavy atom. The maximum Gasteiger partial charge on any atom is 0.326 e. The molecular weight excluding hydrogens is 496 g/mol. The number of benzene rings is 1. The largest absolute Gasteiger partial charge is 0.497 e. The molecule has 0 aliphatic carbocycles. The number of hydrazine groups is 1. The molecule has 0 atom stereocenters. The molecule has 3 aliphatic rings. The smallest absolute Gasteiger partial charge is 0.326 e. The fraction of sp³-hybridized carbons (Fsp3) is 0.552. The van der Waals surface area contributed by atoms with E-state index in [0.717, 1.165) is 36.5 Å². The molecule has 1 aromatic carbocycles. The second-order valence-electron chi connectivity index (χ2n) is 11.4. The number of hydrogen-bond donors (Lipinski definition) is 3. The molecule has 3 saturated heterocycles. The first-order chi connectivity index (χ1) is 18.6. The van der Waals surface area contributed by atoms with Gasteiger partial charge in [-0.3, -0.25) is 20.5 Å². The number of hydrogen-bond acceptors (Lipinski definition) is 7. The molecule has 10 nitrogen and oxygen atoms in total. The van der Waals surface area contributed by atoms with Crippen molar-refractivity contribution in [2.45, 2.75) is 63.6 Å². The van der Waals surface area contributed by atoms with Crippen molar-refractivity contribution in [2.24, 2.45) is 0 Å². The van der Waals surface area contributed by atoms with Crippen LogP contribution in [-0.2, 0) is 17.8 Å². The number of anilines is 1. The first-order valence-electron chi connectivity index (χ1n) is 13.8. The molecule has 3 amide bonds. The molecular formula is C29H40N6O4. The van der Waals surface area contributed by atoms with Crippen molar-refractivity contribution in [3.63, 3.8) is 0 Å². The van der Waals surface area contributed by atoms with Crippen molar-refractivity contribution < 1.29 is 19.4 Å². The molecule has 3 fully saturated rings. The third kappa shape index (κ3) is 5.33. The number of pyridine rings is 1. The quantitative estimate of drug-likeness (QED) is 0.499. The standard InChI is InChI=1S/C29H40N6O4/c1-5-24-23(21-16-30-31-17-21)9-10-25(32-24)34-19-29(11-13-33(14-12-29)26(36)28(2,3)38)35(27(34)37)18-20-7-6-8-22(15-20)39-4/h6-10,15,21,30-31,38H,5,11-14,16-19H2,1-4H3. The zero-order valence-electron chi connectivity index (χ0n) is 23.4. The average Bonchev–Trinajstić information content (AvgIpc) is 3.56. The number of urea groups is 1. The number of methoxy groups -OCH3 is 1. The molecule has 5 rings (SSSR count). The van der Waals surface area contributed by atoms with Gasteiger partial charge in [-0.25, -0.2) is 9.78 Å². The summed E-state index contributed by atoms with van der Waals surface area (Å²) >= 11 is 0. The Bertz CT molecular complexity index is 1210. The summed E-state index contributed by atoms with van der Waals surface area (Å²) in [6.45, 7) is 8.75. The van der Waals surface area contributed by atoms with Crippen LogP contribution >= 0.6 is 0 Å². The first-order valence-corrected chi connectivity index (χ1v) is 13.8. The topological polar surface area (TPSA) is 110 Å². The van der Waals surface area contributed by atoms with Crippen LogP contribution in [0.5, 0.6) is 5.75 Å². The molecule has 1 aromatic heterocycles. The maximum absolute atomic E-state index is 14.1. The SMILES string of the molecule is CCc1nc(N2CC3(CCN(C(=O)C(C)(C)O)CC3)N(Cc3cccc(OC)c3)C2=O)ccc1C1CNNC1. The van der Waals surface area contributed by atoms with E-state index in [-0.39, 0.29) is 11.9 Å². The number of nitrogens with one attached hydrogen (secondary N) is 2. The number of piperidine rings is 1. The fourth-order valence-corrected chi connectivity index (χ4v) is 6.09. The zero-order valence-corrected chi connectivity index (χ0v) is 23.4. The molecule has 3 aliphatic heterocycles. The number of carbonyl (C=O) groups is 2. The lowest BCUT2D eigenvalue weighted by atomic mass is 9.85. The van der Waals surface area contributed by atoms with Crippen LogP contribution in [0, 0.1) is 0 Å². The number of carbonyl (C=O) groups excluding carboxylic acids is 2. The highest BCUT2D eigenvalue weighted by Crippen LogP contribution is 2.40. The lowest BCUT2D eigenvalue weighted by Crippen LogP contribution is -2.57. The van der Waals surface area contributed by atoms with Crippen LogP contribution in [0.3, 0.4) is 0 Å². The van der Waals surface area contributed by atoms with E-state index in [0.29, 0.717) is 50.8 Å². The zero-order chi connectivity index (χ0) is 27.8. The van der Waals surface area contributed by atoms with Crippen molar-refractivity contribution >= 4 is 17.8 Å². The van der Waals surface area contributed by atoms with Crippen LogP contribution < -0.4 is 20.5 Å². The molecule has 1 spiro atoms.